The predicted molar refractivity (Wildman–Crippen MR) is 102 cm³/mol. The molecule has 1 amide bonds. The molecular weight excluding hydrogens is 346 g/mol. The van der Waals surface area contributed by atoms with Crippen LogP contribution in [0.4, 0.5) is 0 Å². The molecule has 1 unspecified atom stereocenters. The molecule has 6 nitrogen and oxygen atoms in total. The van der Waals surface area contributed by atoms with Crippen LogP contribution in [0.15, 0.2) is 18.3 Å². The number of nitriles is 1. The van der Waals surface area contributed by atoms with Crippen LogP contribution in [0, 0.1) is 25.2 Å². The zero-order chi connectivity index (χ0) is 18.5. The van der Waals surface area contributed by atoms with Crippen LogP contribution >= 0.6 is 11.3 Å². The minimum absolute atomic E-state index is 0.00969. The first-order chi connectivity index (χ1) is 12.6. The molecule has 3 rings (SSSR count). The Bertz CT molecular complexity index is 808. The summed E-state index contributed by atoms with van der Waals surface area (Å²) < 4.78 is 0. The van der Waals surface area contributed by atoms with Crippen molar-refractivity contribution in [1.29, 1.82) is 5.26 Å². The molecule has 0 aliphatic carbocycles. The molecule has 1 atom stereocenters. The Labute approximate surface area is 157 Å². The minimum Gasteiger partial charge on any atom is -0.326 e. The van der Waals surface area contributed by atoms with Crippen molar-refractivity contribution < 1.29 is 4.79 Å². The predicted octanol–water partition coefficient (Wildman–Crippen LogP) is 2.47. The van der Waals surface area contributed by atoms with Gasteiger partial charge in [0.25, 0.3) is 0 Å². The van der Waals surface area contributed by atoms with Gasteiger partial charge in [0.15, 0.2) is 0 Å². The summed E-state index contributed by atoms with van der Waals surface area (Å²) in [7, 11) is 0. The van der Waals surface area contributed by atoms with Crippen LogP contribution in [0.5, 0.6) is 0 Å². The quantitative estimate of drug-likeness (QED) is 0.791. The van der Waals surface area contributed by atoms with Gasteiger partial charge in [0.05, 0.1) is 18.3 Å². The van der Waals surface area contributed by atoms with E-state index in [4.69, 9.17) is 10.2 Å². The second kappa shape index (κ2) is 8.39. The van der Waals surface area contributed by atoms with E-state index in [0.29, 0.717) is 13.1 Å². The highest BCUT2D eigenvalue weighted by Crippen LogP contribution is 2.27. The number of carbonyl (C=O) groups excluding carboxylic acids is 1. The number of nitrogens with one attached hydrogen (secondary N) is 1. The van der Waals surface area contributed by atoms with Gasteiger partial charge in [-0.05, 0) is 38.8 Å². The number of aromatic nitrogens is 2. The number of rotatable bonds is 6. The van der Waals surface area contributed by atoms with Crippen LogP contribution in [-0.4, -0.2) is 46.5 Å². The van der Waals surface area contributed by atoms with Gasteiger partial charge >= 0.3 is 0 Å². The maximum absolute atomic E-state index is 12.2. The van der Waals surface area contributed by atoms with Crippen LogP contribution in [-0.2, 0) is 11.2 Å². The summed E-state index contributed by atoms with van der Waals surface area (Å²) in [5.41, 5.74) is 3.09. The van der Waals surface area contributed by atoms with E-state index in [2.05, 4.69) is 23.3 Å². The van der Waals surface area contributed by atoms with Gasteiger partial charge in [-0.1, -0.05) is 0 Å². The van der Waals surface area contributed by atoms with E-state index >= 15 is 0 Å². The largest absolute Gasteiger partial charge is 0.326 e. The molecule has 0 saturated carbocycles. The summed E-state index contributed by atoms with van der Waals surface area (Å²) in [6.45, 7) is 5.70. The first-order valence-electron chi connectivity index (χ1n) is 8.87. The Kier molecular flexibility index (Phi) is 5.96. The molecule has 136 valence electrons. The fraction of sp³-hybridized carbons (Fsp3) is 0.474. The SMILES string of the molecule is Cc1ccc(-c2nc(CCNCC(=O)N3CCCC3C#N)c(C)s2)cn1. The van der Waals surface area contributed by atoms with Gasteiger partial charge in [-0.15, -0.1) is 11.3 Å². The van der Waals surface area contributed by atoms with Crippen molar-refractivity contribution in [1.82, 2.24) is 20.2 Å². The summed E-state index contributed by atoms with van der Waals surface area (Å²) >= 11 is 1.67. The maximum Gasteiger partial charge on any atom is 0.237 e. The van der Waals surface area contributed by atoms with Crippen LogP contribution in [0.25, 0.3) is 10.6 Å². The third-order valence-electron chi connectivity index (χ3n) is 4.59. The van der Waals surface area contributed by atoms with Crippen molar-refractivity contribution in [2.24, 2.45) is 0 Å². The van der Waals surface area contributed by atoms with Crippen molar-refractivity contribution in [2.45, 2.75) is 39.2 Å². The number of amides is 1. The molecule has 1 saturated heterocycles. The molecule has 0 radical (unpaired) electrons. The molecular formula is C19H23N5OS. The van der Waals surface area contributed by atoms with Crippen LogP contribution in [0.3, 0.4) is 0 Å². The molecule has 0 bridgehead atoms. The van der Waals surface area contributed by atoms with E-state index in [1.807, 2.05) is 25.3 Å². The molecule has 2 aromatic heterocycles. The number of hydrogen-bond acceptors (Lipinski definition) is 6. The first kappa shape index (κ1) is 18.5. The molecule has 1 aliphatic heterocycles. The molecule has 1 N–H and O–H groups in total. The lowest BCUT2D eigenvalue weighted by Gasteiger charge is -2.19. The van der Waals surface area contributed by atoms with Crippen LogP contribution in [0.1, 0.15) is 29.1 Å². The topological polar surface area (TPSA) is 81.9 Å². The lowest BCUT2D eigenvalue weighted by Crippen LogP contribution is -2.41. The van der Waals surface area contributed by atoms with Gasteiger partial charge < -0.3 is 10.2 Å². The number of hydrogen-bond donors (Lipinski definition) is 1. The molecule has 1 aliphatic rings. The van der Waals surface area contributed by atoms with Crippen LogP contribution in [0.2, 0.25) is 0 Å². The number of aryl methyl sites for hydroxylation is 2. The van der Waals surface area contributed by atoms with Crippen molar-refractivity contribution in [2.75, 3.05) is 19.6 Å². The minimum atomic E-state index is -0.254. The van der Waals surface area contributed by atoms with Crippen LogP contribution < -0.4 is 5.32 Å². The molecule has 1 fully saturated rings. The van der Waals surface area contributed by atoms with E-state index in [-0.39, 0.29) is 18.5 Å². The first-order valence-corrected chi connectivity index (χ1v) is 9.69. The number of carbonyl (C=O) groups is 1. The fourth-order valence-electron chi connectivity index (χ4n) is 3.08. The Morgan fingerprint density at radius 1 is 1.46 bits per heavy atom. The van der Waals surface area contributed by atoms with Gasteiger partial charge in [0, 0.05) is 41.8 Å². The summed E-state index contributed by atoms with van der Waals surface area (Å²) in [4.78, 5) is 24.1. The van der Waals surface area contributed by atoms with E-state index in [1.54, 1.807) is 16.2 Å². The molecule has 26 heavy (non-hydrogen) atoms. The second-order valence-corrected chi connectivity index (χ2v) is 7.71. The number of pyridine rings is 1. The normalized spacial score (nSPS) is 16.7. The second-order valence-electron chi connectivity index (χ2n) is 6.51. The Morgan fingerprint density at radius 3 is 3.04 bits per heavy atom. The van der Waals surface area contributed by atoms with Crippen molar-refractivity contribution in [3.63, 3.8) is 0 Å². The Hall–Kier alpha value is -2.30. The van der Waals surface area contributed by atoms with Gasteiger partial charge in [-0.25, -0.2) is 4.98 Å². The molecule has 0 spiro atoms. The van der Waals surface area contributed by atoms with Crippen molar-refractivity contribution in [3.8, 4) is 16.6 Å². The number of nitrogens with zero attached hydrogens (tertiary/aromatic N) is 4. The highest BCUT2D eigenvalue weighted by Gasteiger charge is 2.27. The zero-order valence-corrected chi connectivity index (χ0v) is 16.0. The van der Waals surface area contributed by atoms with Gasteiger partial charge in [0.2, 0.25) is 5.91 Å². The van der Waals surface area contributed by atoms with Gasteiger partial charge in [0.1, 0.15) is 11.0 Å². The van der Waals surface area contributed by atoms with Crippen molar-refractivity contribution >= 4 is 17.2 Å². The summed E-state index contributed by atoms with van der Waals surface area (Å²) in [5, 5.41) is 13.2. The standard InChI is InChI=1S/C19H23N5OS/c1-13-5-6-15(11-22-13)19-23-17(14(2)26-19)7-8-21-12-18(25)24-9-3-4-16(24)10-20/h5-6,11,16,21H,3-4,7-9,12H2,1-2H3. The number of thiazole rings is 1. The highest BCUT2D eigenvalue weighted by molar-refractivity contribution is 7.15. The maximum atomic E-state index is 12.2. The van der Waals surface area contributed by atoms with E-state index in [0.717, 1.165) is 41.2 Å². The number of likely N-dealkylation sites (tertiary alicyclic amines) is 1. The fourth-order valence-corrected chi connectivity index (χ4v) is 4.03. The molecule has 3 heterocycles. The average molecular weight is 369 g/mol. The summed E-state index contributed by atoms with van der Waals surface area (Å²) in [6, 6.07) is 5.99. The Balaban J connectivity index is 1.50. The Morgan fingerprint density at radius 2 is 2.31 bits per heavy atom. The summed E-state index contributed by atoms with van der Waals surface area (Å²) in [6.07, 6.45) is 4.34. The smallest absolute Gasteiger partial charge is 0.237 e. The third-order valence-corrected chi connectivity index (χ3v) is 5.65. The van der Waals surface area contributed by atoms with E-state index in [1.165, 1.54) is 4.88 Å². The zero-order valence-electron chi connectivity index (χ0n) is 15.2. The molecule has 0 aromatic carbocycles. The lowest BCUT2D eigenvalue weighted by atomic mass is 10.2. The average Bonchev–Trinajstić information content (AvgIpc) is 3.26. The summed E-state index contributed by atoms with van der Waals surface area (Å²) in [5.74, 6) is 0.00969. The van der Waals surface area contributed by atoms with E-state index in [9.17, 15) is 4.79 Å². The highest BCUT2D eigenvalue weighted by atomic mass is 32.1. The van der Waals surface area contributed by atoms with Gasteiger partial charge in [-0.2, -0.15) is 5.26 Å². The van der Waals surface area contributed by atoms with E-state index < -0.39 is 0 Å². The molecule has 7 heteroatoms. The lowest BCUT2D eigenvalue weighted by molar-refractivity contribution is -0.130. The van der Waals surface area contributed by atoms with Crippen molar-refractivity contribution in [3.05, 3.63) is 34.6 Å². The molecule has 2 aromatic rings. The monoisotopic (exact) mass is 369 g/mol. The van der Waals surface area contributed by atoms with Gasteiger partial charge in [-0.3, -0.25) is 9.78 Å². The third kappa shape index (κ3) is 4.26.